The van der Waals surface area contributed by atoms with Crippen LogP contribution in [0, 0.1) is 6.92 Å². The zero-order valence-corrected chi connectivity index (χ0v) is 13.3. The Balaban J connectivity index is 2.35. The molecule has 112 valence electrons. The average Bonchev–Trinajstić information content (AvgIpc) is 2.41. The van der Waals surface area contributed by atoms with E-state index in [2.05, 4.69) is 0 Å². The molecule has 1 saturated heterocycles. The third-order valence-corrected chi connectivity index (χ3v) is 6.21. The van der Waals surface area contributed by atoms with E-state index < -0.39 is 16.1 Å². The number of halogens is 1. The summed E-state index contributed by atoms with van der Waals surface area (Å²) in [6, 6.07) is 4.66. The molecular weight excluding hydrogens is 298 g/mol. The van der Waals surface area contributed by atoms with Gasteiger partial charge in [0.1, 0.15) is 0 Å². The molecule has 6 heteroatoms. The van der Waals surface area contributed by atoms with Crippen molar-refractivity contribution in [3.05, 3.63) is 28.8 Å². The van der Waals surface area contributed by atoms with Crippen molar-refractivity contribution in [1.82, 2.24) is 4.31 Å². The number of rotatable bonds is 3. The Bertz CT molecular complexity index is 588. The standard InChI is InChI=1S/C14H20ClNO3S/c1-3-11-8-12(17)6-7-16(11)20(18,19)13-5-4-10(2)14(15)9-13/h4-5,9,11-12,17H,3,6-8H2,1-2H3/t11-,12-/m0/s1. The van der Waals surface area contributed by atoms with Gasteiger partial charge in [0.05, 0.1) is 11.0 Å². The molecule has 4 nitrogen and oxygen atoms in total. The molecule has 1 N–H and O–H groups in total. The molecule has 1 aromatic rings. The van der Waals surface area contributed by atoms with Crippen molar-refractivity contribution in [3.63, 3.8) is 0 Å². The van der Waals surface area contributed by atoms with Crippen molar-refractivity contribution in [2.75, 3.05) is 6.54 Å². The summed E-state index contributed by atoms with van der Waals surface area (Å²) in [5.41, 5.74) is 0.853. The van der Waals surface area contributed by atoms with E-state index in [0.717, 1.165) is 5.56 Å². The van der Waals surface area contributed by atoms with Gasteiger partial charge in [-0.05, 0) is 43.9 Å². The number of hydrogen-bond donors (Lipinski definition) is 1. The molecule has 0 unspecified atom stereocenters. The minimum absolute atomic E-state index is 0.149. The van der Waals surface area contributed by atoms with Crippen LogP contribution in [-0.2, 0) is 10.0 Å². The van der Waals surface area contributed by atoms with Gasteiger partial charge in [0, 0.05) is 17.6 Å². The van der Waals surface area contributed by atoms with Crippen LogP contribution in [0.5, 0.6) is 0 Å². The van der Waals surface area contributed by atoms with Crippen LogP contribution < -0.4 is 0 Å². The van der Waals surface area contributed by atoms with Gasteiger partial charge in [-0.15, -0.1) is 0 Å². The quantitative estimate of drug-likeness (QED) is 0.932. The van der Waals surface area contributed by atoms with Crippen molar-refractivity contribution in [1.29, 1.82) is 0 Å². The maximum absolute atomic E-state index is 12.7. The molecule has 0 bridgehead atoms. The molecule has 0 saturated carbocycles. The van der Waals surface area contributed by atoms with E-state index in [1.807, 2.05) is 13.8 Å². The number of nitrogens with zero attached hydrogens (tertiary/aromatic N) is 1. The Morgan fingerprint density at radius 1 is 1.45 bits per heavy atom. The van der Waals surface area contributed by atoms with Crippen LogP contribution >= 0.6 is 11.6 Å². The summed E-state index contributed by atoms with van der Waals surface area (Å²) in [4.78, 5) is 0.225. The topological polar surface area (TPSA) is 57.6 Å². The average molecular weight is 318 g/mol. The van der Waals surface area contributed by atoms with Crippen molar-refractivity contribution in [2.45, 2.75) is 50.2 Å². The monoisotopic (exact) mass is 317 g/mol. The van der Waals surface area contributed by atoms with Gasteiger partial charge in [0.2, 0.25) is 10.0 Å². The van der Waals surface area contributed by atoms with Crippen LogP contribution in [0.3, 0.4) is 0 Å². The van der Waals surface area contributed by atoms with Crippen molar-refractivity contribution >= 4 is 21.6 Å². The first-order valence-corrected chi connectivity index (χ1v) is 8.64. The van der Waals surface area contributed by atoms with Crippen molar-refractivity contribution in [2.24, 2.45) is 0 Å². The second-order valence-corrected chi connectivity index (χ2v) is 7.56. The van der Waals surface area contributed by atoms with Gasteiger partial charge in [0.15, 0.2) is 0 Å². The molecule has 0 aromatic heterocycles. The highest BCUT2D eigenvalue weighted by Crippen LogP contribution is 2.29. The van der Waals surface area contributed by atoms with Crippen LogP contribution in [-0.4, -0.2) is 36.5 Å². The molecule has 0 aliphatic carbocycles. The minimum atomic E-state index is -3.55. The summed E-state index contributed by atoms with van der Waals surface area (Å²) in [5, 5.41) is 10.2. The lowest BCUT2D eigenvalue weighted by molar-refractivity contribution is 0.0797. The van der Waals surface area contributed by atoms with E-state index in [-0.39, 0.29) is 10.9 Å². The third-order valence-electron chi connectivity index (χ3n) is 3.86. The second-order valence-electron chi connectivity index (χ2n) is 5.27. The molecule has 2 rings (SSSR count). The number of sulfonamides is 1. The maximum atomic E-state index is 12.7. The molecule has 1 aromatic carbocycles. The van der Waals surface area contributed by atoms with E-state index in [4.69, 9.17) is 11.6 Å². The summed E-state index contributed by atoms with van der Waals surface area (Å²) >= 11 is 6.03. The third kappa shape index (κ3) is 3.01. The van der Waals surface area contributed by atoms with Crippen molar-refractivity contribution in [3.8, 4) is 0 Å². The Hall–Kier alpha value is -0.620. The molecule has 20 heavy (non-hydrogen) atoms. The highest BCUT2D eigenvalue weighted by molar-refractivity contribution is 7.89. The molecule has 1 fully saturated rings. The summed E-state index contributed by atoms with van der Waals surface area (Å²) in [7, 11) is -3.55. The maximum Gasteiger partial charge on any atom is 0.243 e. The Morgan fingerprint density at radius 3 is 2.75 bits per heavy atom. The molecule has 1 aliphatic rings. The SMILES string of the molecule is CC[C@H]1C[C@@H](O)CCN1S(=O)(=O)c1ccc(C)c(Cl)c1. The lowest BCUT2D eigenvalue weighted by Gasteiger charge is -2.36. The van der Waals surface area contributed by atoms with Gasteiger partial charge in [-0.3, -0.25) is 0 Å². The van der Waals surface area contributed by atoms with Gasteiger partial charge in [-0.25, -0.2) is 8.42 Å². The first-order chi connectivity index (χ1) is 9.36. The molecule has 1 heterocycles. The highest BCUT2D eigenvalue weighted by Gasteiger charge is 2.35. The summed E-state index contributed by atoms with van der Waals surface area (Å²) in [5.74, 6) is 0. The number of hydrogen-bond acceptors (Lipinski definition) is 3. The normalized spacial score (nSPS) is 24.8. The summed E-state index contributed by atoms with van der Waals surface area (Å²) < 4.78 is 26.9. The molecule has 0 amide bonds. The molecule has 2 atom stereocenters. The van der Waals surface area contributed by atoms with Crippen LogP contribution in [0.1, 0.15) is 31.7 Å². The van der Waals surface area contributed by atoms with Crippen LogP contribution in [0.4, 0.5) is 0 Å². The number of aliphatic hydroxyl groups excluding tert-OH is 1. The predicted octanol–water partition coefficient (Wildman–Crippen LogP) is 2.57. The fourth-order valence-corrected chi connectivity index (χ4v) is 4.56. The molecule has 1 aliphatic heterocycles. The second kappa shape index (κ2) is 6.02. The zero-order chi connectivity index (χ0) is 14.9. The lowest BCUT2D eigenvalue weighted by Crippen LogP contribution is -2.47. The highest BCUT2D eigenvalue weighted by atomic mass is 35.5. The van der Waals surface area contributed by atoms with Gasteiger partial charge in [-0.2, -0.15) is 4.31 Å². The Labute approximate surface area is 125 Å². The van der Waals surface area contributed by atoms with Gasteiger partial charge in [0.25, 0.3) is 0 Å². The first-order valence-electron chi connectivity index (χ1n) is 6.82. The van der Waals surface area contributed by atoms with Crippen LogP contribution in [0.2, 0.25) is 5.02 Å². The van der Waals surface area contributed by atoms with E-state index >= 15 is 0 Å². The minimum Gasteiger partial charge on any atom is -0.393 e. The number of aliphatic hydroxyl groups is 1. The van der Waals surface area contributed by atoms with Crippen molar-refractivity contribution < 1.29 is 13.5 Å². The Morgan fingerprint density at radius 2 is 2.15 bits per heavy atom. The number of piperidine rings is 1. The molecule has 0 spiro atoms. The fraction of sp³-hybridized carbons (Fsp3) is 0.571. The lowest BCUT2D eigenvalue weighted by atomic mass is 10.0. The van der Waals surface area contributed by atoms with Crippen LogP contribution in [0.25, 0.3) is 0 Å². The zero-order valence-electron chi connectivity index (χ0n) is 11.7. The largest absolute Gasteiger partial charge is 0.393 e. The van der Waals surface area contributed by atoms with E-state index in [0.29, 0.717) is 30.8 Å². The number of benzene rings is 1. The predicted molar refractivity (Wildman–Crippen MR) is 79.4 cm³/mol. The first kappa shape index (κ1) is 15.8. The Kier molecular flexibility index (Phi) is 4.74. The van der Waals surface area contributed by atoms with Gasteiger partial charge >= 0.3 is 0 Å². The molecular formula is C14H20ClNO3S. The van der Waals surface area contributed by atoms with E-state index in [9.17, 15) is 13.5 Å². The summed E-state index contributed by atoms with van der Waals surface area (Å²) in [6.45, 7) is 4.13. The smallest absolute Gasteiger partial charge is 0.243 e. The van der Waals surface area contributed by atoms with E-state index in [1.54, 1.807) is 12.1 Å². The molecule has 0 radical (unpaired) electrons. The van der Waals surface area contributed by atoms with Gasteiger partial charge < -0.3 is 5.11 Å². The van der Waals surface area contributed by atoms with Gasteiger partial charge in [-0.1, -0.05) is 24.6 Å². The van der Waals surface area contributed by atoms with Crippen LogP contribution in [0.15, 0.2) is 23.1 Å². The summed E-state index contributed by atoms with van der Waals surface area (Å²) in [6.07, 6.45) is 1.26. The number of aryl methyl sites for hydroxylation is 1. The van der Waals surface area contributed by atoms with E-state index in [1.165, 1.54) is 10.4 Å². The fourth-order valence-electron chi connectivity index (χ4n) is 2.56.